The van der Waals surface area contributed by atoms with E-state index in [9.17, 15) is 18.0 Å². The van der Waals surface area contributed by atoms with Crippen LogP contribution in [0.1, 0.15) is 25.8 Å². The SMILES string of the molecule is CC1(C)C(C=C(Cl)Cl)CC1C(=O)OCc1cc(F)c(F)cc1F. The van der Waals surface area contributed by atoms with E-state index >= 15 is 0 Å². The predicted molar refractivity (Wildman–Crippen MR) is 81.3 cm³/mol. The smallest absolute Gasteiger partial charge is 0.309 e. The van der Waals surface area contributed by atoms with E-state index in [2.05, 4.69) is 0 Å². The Balaban J connectivity index is 1.99. The maximum absolute atomic E-state index is 13.5. The summed E-state index contributed by atoms with van der Waals surface area (Å²) in [6.07, 6.45) is 2.18. The van der Waals surface area contributed by atoms with Gasteiger partial charge in [-0.05, 0) is 23.8 Å². The number of benzene rings is 1. The third-order valence-electron chi connectivity index (χ3n) is 4.41. The second-order valence-electron chi connectivity index (χ2n) is 6.14. The van der Waals surface area contributed by atoms with E-state index in [1.54, 1.807) is 6.08 Å². The molecule has 0 radical (unpaired) electrons. The van der Waals surface area contributed by atoms with Gasteiger partial charge in [-0.25, -0.2) is 13.2 Å². The summed E-state index contributed by atoms with van der Waals surface area (Å²) in [5, 5.41) is 0. The van der Waals surface area contributed by atoms with Gasteiger partial charge in [0.1, 0.15) is 16.9 Å². The minimum atomic E-state index is -1.29. The van der Waals surface area contributed by atoms with E-state index < -0.39 is 41.4 Å². The van der Waals surface area contributed by atoms with E-state index in [-0.39, 0.29) is 16.0 Å². The zero-order valence-electron chi connectivity index (χ0n) is 12.5. The molecule has 1 aliphatic rings. The normalized spacial score (nSPS) is 22.2. The average molecular weight is 367 g/mol. The highest BCUT2D eigenvalue weighted by Gasteiger charge is 2.51. The van der Waals surface area contributed by atoms with E-state index in [1.165, 1.54) is 0 Å². The van der Waals surface area contributed by atoms with Crippen molar-refractivity contribution < 1.29 is 22.7 Å². The monoisotopic (exact) mass is 366 g/mol. The molecular formula is C16H15Cl2F3O2. The van der Waals surface area contributed by atoms with Crippen molar-refractivity contribution in [3.05, 3.63) is 45.7 Å². The minimum absolute atomic E-state index is 0.0325. The van der Waals surface area contributed by atoms with Crippen LogP contribution in [-0.4, -0.2) is 5.97 Å². The fourth-order valence-electron chi connectivity index (χ4n) is 2.72. The summed E-state index contributed by atoms with van der Waals surface area (Å²) in [6.45, 7) is 3.29. The summed E-state index contributed by atoms with van der Waals surface area (Å²) >= 11 is 11.3. The molecule has 7 heteroatoms. The molecule has 1 aromatic carbocycles. The summed E-state index contributed by atoms with van der Waals surface area (Å²) in [5.41, 5.74) is -0.617. The van der Waals surface area contributed by atoms with Crippen LogP contribution in [0.2, 0.25) is 0 Å². The van der Waals surface area contributed by atoms with E-state index in [1.807, 2.05) is 13.8 Å². The Labute approximate surface area is 142 Å². The van der Waals surface area contributed by atoms with Crippen LogP contribution in [-0.2, 0) is 16.1 Å². The number of hydrogen-bond acceptors (Lipinski definition) is 2. The lowest BCUT2D eigenvalue weighted by molar-refractivity contribution is -0.164. The van der Waals surface area contributed by atoms with Crippen LogP contribution >= 0.6 is 23.2 Å². The number of esters is 1. The molecule has 23 heavy (non-hydrogen) atoms. The molecule has 1 aromatic rings. The van der Waals surface area contributed by atoms with Gasteiger partial charge in [-0.3, -0.25) is 4.79 Å². The van der Waals surface area contributed by atoms with Crippen molar-refractivity contribution in [2.75, 3.05) is 0 Å². The summed E-state index contributed by atoms with van der Waals surface area (Å²) in [6, 6.07) is 1.11. The van der Waals surface area contributed by atoms with Gasteiger partial charge < -0.3 is 4.74 Å². The topological polar surface area (TPSA) is 26.3 Å². The van der Waals surface area contributed by atoms with Gasteiger partial charge in [-0.2, -0.15) is 0 Å². The average Bonchev–Trinajstić information content (AvgIpc) is 2.45. The van der Waals surface area contributed by atoms with Crippen molar-refractivity contribution in [2.24, 2.45) is 17.3 Å². The van der Waals surface area contributed by atoms with Crippen molar-refractivity contribution in [2.45, 2.75) is 26.9 Å². The molecule has 0 spiro atoms. The van der Waals surface area contributed by atoms with Crippen molar-refractivity contribution in [1.29, 1.82) is 0 Å². The standard InChI is InChI=1S/C16H15Cl2F3O2/c1-16(2)9(5-14(17)18)4-10(16)15(22)23-7-8-3-12(20)13(21)6-11(8)19/h3,5-6,9-10H,4,7H2,1-2H3. The Morgan fingerprint density at radius 3 is 2.43 bits per heavy atom. The first-order valence-electron chi connectivity index (χ1n) is 6.95. The molecular weight excluding hydrogens is 352 g/mol. The predicted octanol–water partition coefficient (Wildman–Crippen LogP) is 5.13. The van der Waals surface area contributed by atoms with E-state index in [4.69, 9.17) is 27.9 Å². The first-order chi connectivity index (χ1) is 10.6. The summed E-state index contributed by atoms with van der Waals surface area (Å²) in [5.74, 6) is -4.32. The van der Waals surface area contributed by atoms with Gasteiger partial charge in [-0.15, -0.1) is 0 Å². The molecule has 0 aromatic heterocycles. The second-order valence-corrected chi connectivity index (χ2v) is 7.15. The van der Waals surface area contributed by atoms with Crippen LogP contribution in [0.25, 0.3) is 0 Å². The number of ether oxygens (including phenoxy) is 1. The lowest BCUT2D eigenvalue weighted by atomic mass is 9.55. The Bertz CT molecular complexity index is 655. The Hall–Kier alpha value is -1.20. The highest BCUT2D eigenvalue weighted by atomic mass is 35.5. The van der Waals surface area contributed by atoms with Gasteiger partial charge in [0, 0.05) is 11.6 Å². The molecule has 2 atom stereocenters. The fraction of sp³-hybridized carbons (Fsp3) is 0.438. The van der Waals surface area contributed by atoms with Crippen LogP contribution in [0.15, 0.2) is 22.7 Å². The molecule has 0 bridgehead atoms. The minimum Gasteiger partial charge on any atom is -0.460 e. The molecule has 1 saturated carbocycles. The molecule has 1 fully saturated rings. The molecule has 126 valence electrons. The lowest BCUT2D eigenvalue weighted by Crippen LogP contribution is -2.48. The van der Waals surface area contributed by atoms with Gasteiger partial charge >= 0.3 is 5.97 Å². The number of hydrogen-bond donors (Lipinski definition) is 0. The van der Waals surface area contributed by atoms with Crippen LogP contribution < -0.4 is 0 Å². The van der Waals surface area contributed by atoms with Gasteiger partial charge in [0.25, 0.3) is 0 Å². The third-order valence-corrected chi connectivity index (χ3v) is 4.67. The van der Waals surface area contributed by atoms with Gasteiger partial charge in [0.2, 0.25) is 0 Å². The lowest BCUT2D eigenvalue weighted by Gasteiger charge is -2.49. The quantitative estimate of drug-likeness (QED) is 0.545. The highest BCUT2D eigenvalue weighted by molar-refractivity contribution is 6.55. The number of rotatable bonds is 4. The summed E-state index contributed by atoms with van der Waals surface area (Å²) in [4.78, 5) is 12.1. The largest absolute Gasteiger partial charge is 0.460 e. The van der Waals surface area contributed by atoms with E-state index in [0.717, 1.165) is 0 Å². The second kappa shape index (κ2) is 6.73. The van der Waals surface area contributed by atoms with Crippen LogP contribution in [0.4, 0.5) is 13.2 Å². The Morgan fingerprint density at radius 2 is 1.87 bits per heavy atom. The Kier molecular flexibility index (Phi) is 5.31. The van der Waals surface area contributed by atoms with Gasteiger partial charge in [0.15, 0.2) is 11.6 Å². The Morgan fingerprint density at radius 1 is 1.26 bits per heavy atom. The summed E-state index contributed by atoms with van der Waals surface area (Å²) in [7, 11) is 0. The molecule has 0 amide bonds. The van der Waals surface area contributed by atoms with Gasteiger partial charge in [0.05, 0.1) is 5.92 Å². The molecule has 2 rings (SSSR count). The van der Waals surface area contributed by atoms with E-state index in [0.29, 0.717) is 18.6 Å². The van der Waals surface area contributed by atoms with Crippen LogP contribution in [0.3, 0.4) is 0 Å². The third kappa shape index (κ3) is 3.83. The number of halogens is 5. The first-order valence-corrected chi connectivity index (χ1v) is 7.71. The molecule has 0 saturated heterocycles. The van der Waals surface area contributed by atoms with Crippen molar-refractivity contribution in [3.63, 3.8) is 0 Å². The summed E-state index contributed by atoms with van der Waals surface area (Å²) < 4.78 is 44.6. The number of allylic oxidation sites excluding steroid dienone is 1. The molecule has 2 nitrogen and oxygen atoms in total. The van der Waals surface area contributed by atoms with Crippen molar-refractivity contribution >= 4 is 29.2 Å². The van der Waals surface area contributed by atoms with Crippen molar-refractivity contribution in [1.82, 2.24) is 0 Å². The first kappa shape index (κ1) is 18.1. The highest BCUT2D eigenvalue weighted by Crippen LogP contribution is 2.53. The number of carbonyl (C=O) groups excluding carboxylic acids is 1. The molecule has 0 N–H and O–H groups in total. The zero-order chi connectivity index (χ0) is 17.4. The molecule has 0 aliphatic heterocycles. The molecule has 0 heterocycles. The number of carbonyl (C=O) groups is 1. The molecule has 2 unspecified atom stereocenters. The maximum atomic E-state index is 13.5. The zero-order valence-corrected chi connectivity index (χ0v) is 14.0. The molecule has 1 aliphatic carbocycles. The van der Waals surface area contributed by atoms with Crippen molar-refractivity contribution in [3.8, 4) is 0 Å². The maximum Gasteiger partial charge on any atom is 0.309 e. The van der Waals surface area contributed by atoms with Crippen LogP contribution in [0, 0.1) is 34.7 Å². The van der Waals surface area contributed by atoms with Gasteiger partial charge in [-0.1, -0.05) is 43.1 Å². The van der Waals surface area contributed by atoms with Crippen LogP contribution in [0.5, 0.6) is 0 Å². The fourth-order valence-corrected chi connectivity index (χ4v) is 3.02.